The number of hydrogen-bond donors (Lipinski definition) is 1. The molecule has 2 unspecified atom stereocenters. The average molecular weight is 228 g/mol. The third kappa shape index (κ3) is 4.96. The zero-order chi connectivity index (χ0) is 12.6. The largest absolute Gasteiger partial charge is 0.481 e. The number of carbonyl (C=O) groups is 2. The molecule has 2 atom stereocenters. The first-order valence-corrected chi connectivity index (χ1v) is 5.55. The zero-order valence-corrected chi connectivity index (χ0v) is 10.1. The lowest BCUT2D eigenvalue weighted by Crippen LogP contribution is -2.29. The van der Waals surface area contributed by atoms with Gasteiger partial charge in [-0.3, -0.25) is 9.59 Å². The Balaban J connectivity index is 4.52. The topological polar surface area (TPSA) is 63.6 Å². The first-order chi connectivity index (χ1) is 7.54. The summed E-state index contributed by atoms with van der Waals surface area (Å²) in [5, 5.41) is 8.89. The van der Waals surface area contributed by atoms with E-state index in [2.05, 4.69) is 0 Å². The lowest BCUT2D eigenvalue weighted by Gasteiger charge is -2.17. The van der Waals surface area contributed by atoms with E-state index in [0.29, 0.717) is 13.0 Å². The van der Waals surface area contributed by atoms with Crippen LogP contribution in [0.2, 0.25) is 0 Å². The Morgan fingerprint density at radius 1 is 1.44 bits per heavy atom. The van der Waals surface area contributed by atoms with E-state index in [0.717, 1.165) is 6.42 Å². The maximum absolute atomic E-state index is 11.6. The number of allylic oxidation sites excluding steroid dienone is 2. The zero-order valence-electron chi connectivity index (χ0n) is 10.1. The molecule has 0 saturated carbocycles. The number of hydrogen-bond acceptors (Lipinski definition) is 3. The van der Waals surface area contributed by atoms with Crippen LogP contribution in [0.5, 0.6) is 0 Å². The molecule has 0 amide bonds. The summed E-state index contributed by atoms with van der Waals surface area (Å²) in [6.45, 7) is 5.61. The van der Waals surface area contributed by atoms with Gasteiger partial charge in [-0.25, -0.2) is 0 Å². The molecule has 0 rings (SSSR count). The lowest BCUT2D eigenvalue weighted by atomic mass is 9.91. The van der Waals surface area contributed by atoms with Crippen molar-refractivity contribution in [2.45, 2.75) is 33.6 Å². The molecule has 4 nitrogen and oxygen atoms in total. The van der Waals surface area contributed by atoms with Crippen molar-refractivity contribution in [1.82, 2.24) is 0 Å². The molecule has 0 aliphatic rings. The predicted molar refractivity (Wildman–Crippen MR) is 61.0 cm³/mol. The molecule has 0 spiro atoms. The van der Waals surface area contributed by atoms with Crippen LogP contribution in [-0.4, -0.2) is 23.7 Å². The van der Waals surface area contributed by atoms with Crippen molar-refractivity contribution in [3.8, 4) is 0 Å². The van der Waals surface area contributed by atoms with Gasteiger partial charge in [0.2, 0.25) is 0 Å². The second-order valence-electron chi connectivity index (χ2n) is 3.71. The van der Waals surface area contributed by atoms with Crippen molar-refractivity contribution >= 4 is 11.9 Å². The average Bonchev–Trinajstić information content (AvgIpc) is 2.26. The Kier molecular flexibility index (Phi) is 7.25. The van der Waals surface area contributed by atoms with E-state index in [4.69, 9.17) is 9.84 Å². The van der Waals surface area contributed by atoms with Crippen LogP contribution in [0.25, 0.3) is 0 Å². The van der Waals surface area contributed by atoms with Crippen LogP contribution in [0.4, 0.5) is 0 Å². The number of esters is 1. The lowest BCUT2D eigenvalue weighted by molar-refractivity contribution is -0.157. The first kappa shape index (κ1) is 14.7. The monoisotopic (exact) mass is 228 g/mol. The van der Waals surface area contributed by atoms with Crippen molar-refractivity contribution in [1.29, 1.82) is 0 Å². The minimum atomic E-state index is -0.969. The molecule has 0 saturated heterocycles. The number of rotatable bonds is 7. The third-order valence-corrected chi connectivity index (χ3v) is 2.37. The van der Waals surface area contributed by atoms with E-state index in [1.807, 2.05) is 13.8 Å². The number of carboxylic acids is 1. The highest BCUT2D eigenvalue weighted by Crippen LogP contribution is 2.18. The van der Waals surface area contributed by atoms with Crippen LogP contribution in [-0.2, 0) is 14.3 Å². The van der Waals surface area contributed by atoms with E-state index >= 15 is 0 Å². The van der Waals surface area contributed by atoms with E-state index < -0.39 is 23.8 Å². The summed E-state index contributed by atoms with van der Waals surface area (Å²) in [6, 6.07) is 0. The Hall–Kier alpha value is -1.32. The van der Waals surface area contributed by atoms with Gasteiger partial charge in [0.1, 0.15) is 0 Å². The fourth-order valence-electron chi connectivity index (χ4n) is 1.27. The Labute approximate surface area is 96.3 Å². The minimum Gasteiger partial charge on any atom is -0.481 e. The van der Waals surface area contributed by atoms with Crippen LogP contribution in [0, 0.1) is 11.8 Å². The van der Waals surface area contributed by atoms with Gasteiger partial charge in [-0.1, -0.05) is 26.0 Å². The molecule has 1 N–H and O–H groups in total. The van der Waals surface area contributed by atoms with Gasteiger partial charge in [0.25, 0.3) is 0 Å². The van der Waals surface area contributed by atoms with Crippen LogP contribution in [0.1, 0.15) is 33.6 Å². The highest BCUT2D eigenvalue weighted by Gasteiger charge is 2.30. The SMILES string of the molecule is CC=CCC(C(=O)OCCC)C(C)C(=O)O. The normalized spacial score (nSPS) is 14.7. The molecule has 0 aliphatic heterocycles. The van der Waals surface area contributed by atoms with Crippen molar-refractivity contribution in [3.63, 3.8) is 0 Å². The highest BCUT2D eigenvalue weighted by atomic mass is 16.5. The van der Waals surface area contributed by atoms with Crippen molar-refractivity contribution < 1.29 is 19.4 Å². The molecule has 92 valence electrons. The summed E-state index contributed by atoms with van der Waals surface area (Å²) in [7, 11) is 0. The number of carbonyl (C=O) groups excluding carboxylic acids is 1. The molecule has 0 aromatic heterocycles. The van der Waals surface area contributed by atoms with Crippen LogP contribution < -0.4 is 0 Å². The molecule has 16 heavy (non-hydrogen) atoms. The van der Waals surface area contributed by atoms with Gasteiger partial charge < -0.3 is 9.84 Å². The fourth-order valence-corrected chi connectivity index (χ4v) is 1.27. The number of ether oxygens (including phenoxy) is 1. The van der Waals surface area contributed by atoms with Gasteiger partial charge in [-0.05, 0) is 19.8 Å². The summed E-state index contributed by atoms with van der Waals surface area (Å²) in [5.74, 6) is -2.71. The van der Waals surface area contributed by atoms with Gasteiger partial charge in [0.15, 0.2) is 0 Å². The Morgan fingerprint density at radius 2 is 2.06 bits per heavy atom. The molecule has 0 aliphatic carbocycles. The Bertz CT molecular complexity index is 258. The van der Waals surface area contributed by atoms with E-state index in [1.165, 1.54) is 6.92 Å². The second kappa shape index (κ2) is 7.91. The molecule has 0 heterocycles. The van der Waals surface area contributed by atoms with E-state index in [9.17, 15) is 9.59 Å². The van der Waals surface area contributed by atoms with Gasteiger partial charge in [-0.2, -0.15) is 0 Å². The van der Waals surface area contributed by atoms with Crippen molar-refractivity contribution in [2.24, 2.45) is 11.8 Å². The minimum absolute atomic E-state index is 0.345. The van der Waals surface area contributed by atoms with Crippen LogP contribution >= 0.6 is 0 Å². The van der Waals surface area contributed by atoms with Gasteiger partial charge in [0, 0.05) is 0 Å². The standard InChI is InChI=1S/C12H20O4/c1-4-6-7-10(9(3)11(13)14)12(15)16-8-5-2/h4,6,9-10H,5,7-8H2,1-3H3,(H,13,14). The van der Waals surface area contributed by atoms with Crippen molar-refractivity contribution in [3.05, 3.63) is 12.2 Å². The maximum Gasteiger partial charge on any atom is 0.310 e. The summed E-state index contributed by atoms with van der Waals surface area (Å²) in [4.78, 5) is 22.5. The van der Waals surface area contributed by atoms with E-state index in [-0.39, 0.29) is 0 Å². The third-order valence-electron chi connectivity index (χ3n) is 2.37. The second-order valence-corrected chi connectivity index (χ2v) is 3.71. The number of carboxylic acid groups (broad SMARTS) is 1. The predicted octanol–water partition coefficient (Wildman–Crippen LogP) is 2.24. The van der Waals surface area contributed by atoms with Crippen molar-refractivity contribution in [2.75, 3.05) is 6.61 Å². The van der Waals surface area contributed by atoms with Gasteiger partial charge >= 0.3 is 11.9 Å². The Morgan fingerprint density at radius 3 is 2.50 bits per heavy atom. The molecule has 0 fully saturated rings. The van der Waals surface area contributed by atoms with Crippen LogP contribution in [0.15, 0.2) is 12.2 Å². The summed E-state index contributed by atoms with van der Waals surface area (Å²) in [5.41, 5.74) is 0. The quantitative estimate of drug-likeness (QED) is 0.536. The summed E-state index contributed by atoms with van der Waals surface area (Å²) >= 11 is 0. The smallest absolute Gasteiger partial charge is 0.310 e. The molecular formula is C12H20O4. The fraction of sp³-hybridized carbons (Fsp3) is 0.667. The first-order valence-electron chi connectivity index (χ1n) is 5.55. The molecule has 0 bridgehead atoms. The van der Waals surface area contributed by atoms with Crippen LogP contribution in [0.3, 0.4) is 0 Å². The van der Waals surface area contributed by atoms with Gasteiger partial charge in [0.05, 0.1) is 18.4 Å². The summed E-state index contributed by atoms with van der Waals surface area (Å²) in [6.07, 6.45) is 4.74. The maximum atomic E-state index is 11.6. The van der Waals surface area contributed by atoms with E-state index in [1.54, 1.807) is 12.2 Å². The number of aliphatic carboxylic acids is 1. The molecule has 0 radical (unpaired) electrons. The summed E-state index contributed by atoms with van der Waals surface area (Å²) < 4.78 is 4.99. The van der Waals surface area contributed by atoms with Gasteiger partial charge in [-0.15, -0.1) is 0 Å². The highest BCUT2D eigenvalue weighted by molar-refractivity contribution is 5.80. The molecule has 4 heteroatoms. The molecule has 0 aromatic carbocycles. The molecule has 0 aromatic rings. The molecular weight excluding hydrogens is 208 g/mol.